The average Bonchev–Trinajstić information content (AvgIpc) is 2.92. The lowest BCUT2D eigenvalue weighted by molar-refractivity contribution is 0.0938. The molecule has 2 rings (SSSR count). The van der Waals surface area contributed by atoms with Crippen molar-refractivity contribution in [1.29, 1.82) is 5.26 Å². The minimum Gasteiger partial charge on any atom is -0.347 e. The number of nitriles is 1. The van der Waals surface area contributed by atoms with Crippen molar-refractivity contribution >= 4 is 5.91 Å². The Morgan fingerprint density at radius 1 is 1.56 bits per heavy atom. The van der Waals surface area contributed by atoms with Crippen molar-refractivity contribution < 1.29 is 4.79 Å². The van der Waals surface area contributed by atoms with Crippen LogP contribution in [-0.2, 0) is 0 Å². The monoisotopic (exact) mass is 240 g/mol. The number of aromatic amines is 1. The number of benzene rings is 1. The SMILES string of the molecule is CC(NC(=O)c1cccc(C#N)c1)c1ncc[nH]1. The van der Waals surface area contributed by atoms with E-state index >= 15 is 0 Å². The first-order chi connectivity index (χ1) is 8.70. The first kappa shape index (κ1) is 11.9. The Morgan fingerprint density at radius 3 is 3.06 bits per heavy atom. The maximum Gasteiger partial charge on any atom is 0.251 e. The molecule has 1 aromatic heterocycles. The van der Waals surface area contributed by atoms with Crippen LogP contribution >= 0.6 is 0 Å². The number of amides is 1. The van der Waals surface area contributed by atoms with Crippen LogP contribution < -0.4 is 5.32 Å². The molecule has 0 aliphatic rings. The van der Waals surface area contributed by atoms with E-state index in [0.29, 0.717) is 17.0 Å². The Bertz CT molecular complexity index is 583. The van der Waals surface area contributed by atoms with Crippen molar-refractivity contribution in [2.24, 2.45) is 0 Å². The van der Waals surface area contributed by atoms with Crippen molar-refractivity contribution in [3.63, 3.8) is 0 Å². The Morgan fingerprint density at radius 2 is 2.39 bits per heavy atom. The van der Waals surface area contributed by atoms with Crippen LogP contribution in [0, 0.1) is 11.3 Å². The molecular weight excluding hydrogens is 228 g/mol. The van der Waals surface area contributed by atoms with Gasteiger partial charge in [0.25, 0.3) is 5.91 Å². The molecule has 1 unspecified atom stereocenters. The van der Waals surface area contributed by atoms with Crippen LogP contribution in [0.2, 0.25) is 0 Å². The predicted octanol–water partition coefficient (Wildman–Crippen LogP) is 1.77. The molecule has 0 saturated carbocycles. The number of nitrogens with one attached hydrogen (secondary N) is 2. The van der Waals surface area contributed by atoms with Gasteiger partial charge >= 0.3 is 0 Å². The topological polar surface area (TPSA) is 81.6 Å². The second-order valence-corrected chi connectivity index (χ2v) is 3.86. The molecule has 1 amide bonds. The van der Waals surface area contributed by atoms with E-state index in [4.69, 9.17) is 5.26 Å². The highest BCUT2D eigenvalue weighted by Crippen LogP contribution is 2.09. The number of aromatic nitrogens is 2. The maximum absolute atomic E-state index is 12.0. The Hall–Kier alpha value is -2.61. The first-order valence-corrected chi connectivity index (χ1v) is 5.51. The molecule has 0 saturated heterocycles. The van der Waals surface area contributed by atoms with Gasteiger partial charge in [0, 0.05) is 18.0 Å². The summed E-state index contributed by atoms with van der Waals surface area (Å²) in [6.07, 6.45) is 3.34. The van der Waals surface area contributed by atoms with Crippen LogP contribution in [0.5, 0.6) is 0 Å². The third kappa shape index (κ3) is 2.55. The van der Waals surface area contributed by atoms with E-state index in [1.807, 2.05) is 13.0 Å². The van der Waals surface area contributed by atoms with Gasteiger partial charge in [0.15, 0.2) is 0 Å². The number of carbonyl (C=O) groups excluding carboxylic acids is 1. The summed E-state index contributed by atoms with van der Waals surface area (Å²) in [7, 11) is 0. The molecule has 1 aromatic carbocycles. The van der Waals surface area contributed by atoms with Gasteiger partial charge in [-0.05, 0) is 25.1 Å². The molecule has 2 N–H and O–H groups in total. The lowest BCUT2D eigenvalue weighted by Crippen LogP contribution is -2.27. The van der Waals surface area contributed by atoms with Crippen molar-refractivity contribution in [1.82, 2.24) is 15.3 Å². The second-order valence-electron chi connectivity index (χ2n) is 3.86. The van der Waals surface area contributed by atoms with Gasteiger partial charge in [-0.25, -0.2) is 4.98 Å². The smallest absolute Gasteiger partial charge is 0.251 e. The van der Waals surface area contributed by atoms with Gasteiger partial charge in [-0.3, -0.25) is 4.79 Å². The highest BCUT2D eigenvalue weighted by molar-refractivity contribution is 5.94. The Labute approximate surface area is 104 Å². The molecule has 5 nitrogen and oxygen atoms in total. The summed E-state index contributed by atoms with van der Waals surface area (Å²) in [5, 5.41) is 11.6. The van der Waals surface area contributed by atoms with E-state index in [1.165, 1.54) is 0 Å². The zero-order valence-electron chi connectivity index (χ0n) is 9.84. The summed E-state index contributed by atoms with van der Waals surface area (Å²) in [4.78, 5) is 19.0. The number of nitrogens with zero attached hydrogens (tertiary/aromatic N) is 2. The quantitative estimate of drug-likeness (QED) is 0.857. The van der Waals surface area contributed by atoms with Gasteiger partial charge < -0.3 is 10.3 Å². The van der Waals surface area contributed by atoms with Crippen molar-refractivity contribution in [3.8, 4) is 6.07 Å². The summed E-state index contributed by atoms with van der Waals surface area (Å²) in [6.45, 7) is 1.84. The molecule has 0 aliphatic heterocycles. The molecule has 0 fully saturated rings. The van der Waals surface area contributed by atoms with E-state index in [0.717, 1.165) is 0 Å². The number of carbonyl (C=O) groups is 1. The van der Waals surface area contributed by atoms with Gasteiger partial charge in [-0.15, -0.1) is 0 Å². The van der Waals surface area contributed by atoms with Crippen LogP contribution in [0.4, 0.5) is 0 Å². The molecule has 5 heteroatoms. The highest BCUT2D eigenvalue weighted by atomic mass is 16.1. The van der Waals surface area contributed by atoms with Gasteiger partial charge in [0.2, 0.25) is 0 Å². The Balaban J connectivity index is 2.10. The molecule has 0 aliphatic carbocycles. The number of hydrogen-bond acceptors (Lipinski definition) is 3. The van der Waals surface area contributed by atoms with Crippen LogP contribution in [0.25, 0.3) is 0 Å². The number of imidazole rings is 1. The third-order valence-electron chi connectivity index (χ3n) is 2.53. The molecule has 1 heterocycles. The predicted molar refractivity (Wildman–Crippen MR) is 65.6 cm³/mol. The van der Waals surface area contributed by atoms with Crippen molar-refractivity contribution in [2.45, 2.75) is 13.0 Å². The fourth-order valence-electron chi connectivity index (χ4n) is 1.59. The zero-order chi connectivity index (χ0) is 13.0. The molecule has 0 spiro atoms. The number of rotatable bonds is 3. The fraction of sp³-hybridized carbons (Fsp3) is 0.154. The largest absolute Gasteiger partial charge is 0.347 e. The maximum atomic E-state index is 12.0. The van der Waals surface area contributed by atoms with Gasteiger partial charge in [0.05, 0.1) is 17.7 Å². The minimum absolute atomic E-state index is 0.210. The van der Waals surface area contributed by atoms with Crippen LogP contribution in [-0.4, -0.2) is 15.9 Å². The number of H-pyrrole nitrogens is 1. The molecule has 1 atom stereocenters. The molecule has 0 bridgehead atoms. The average molecular weight is 240 g/mol. The van der Waals surface area contributed by atoms with E-state index in [2.05, 4.69) is 15.3 Å². The molecule has 18 heavy (non-hydrogen) atoms. The van der Waals surface area contributed by atoms with Gasteiger partial charge in [-0.2, -0.15) is 5.26 Å². The standard InChI is InChI=1S/C13H12N4O/c1-9(12-15-5-6-16-12)17-13(18)11-4-2-3-10(7-11)8-14/h2-7,9H,1H3,(H,15,16)(H,17,18). The lowest BCUT2D eigenvalue weighted by atomic mass is 10.1. The first-order valence-electron chi connectivity index (χ1n) is 5.51. The van der Waals surface area contributed by atoms with Crippen LogP contribution in [0.1, 0.15) is 34.7 Å². The summed E-state index contributed by atoms with van der Waals surface area (Å²) in [5.41, 5.74) is 0.931. The summed E-state index contributed by atoms with van der Waals surface area (Å²) < 4.78 is 0. The molecule has 2 aromatic rings. The normalized spacial score (nSPS) is 11.6. The Kier molecular flexibility index (Phi) is 3.39. The molecule has 0 radical (unpaired) electrons. The molecule has 90 valence electrons. The van der Waals surface area contributed by atoms with Crippen molar-refractivity contribution in [3.05, 3.63) is 53.6 Å². The van der Waals surface area contributed by atoms with E-state index in [1.54, 1.807) is 36.7 Å². The van der Waals surface area contributed by atoms with Crippen molar-refractivity contribution in [2.75, 3.05) is 0 Å². The van der Waals surface area contributed by atoms with Gasteiger partial charge in [0.1, 0.15) is 5.82 Å². The fourth-order valence-corrected chi connectivity index (χ4v) is 1.59. The summed E-state index contributed by atoms with van der Waals surface area (Å²) in [5.74, 6) is 0.468. The summed E-state index contributed by atoms with van der Waals surface area (Å²) >= 11 is 0. The molecular formula is C13H12N4O. The van der Waals surface area contributed by atoms with E-state index in [9.17, 15) is 4.79 Å². The number of hydrogen-bond donors (Lipinski definition) is 2. The highest BCUT2D eigenvalue weighted by Gasteiger charge is 2.13. The van der Waals surface area contributed by atoms with Crippen LogP contribution in [0.15, 0.2) is 36.7 Å². The third-order valence-corrected chi connectivity index (χ3v) is 2.53. The van der Waals surface area contributed by atoms with Crippen LogP contribution in [0.3, 0.4) is 0 Å². The second kappa shape index (κ2) is 5.15. The van der Waals surface area contributed by atoms with E-state index < -0.39 is 0 Å². The minimum atomic E-state index is -0.226. The summed E-state index contributed by atoms with van der Waals surface area (Å²) in [6, 6.07) is 8.37. The lowest BCUT2D eigenvalue weighted by Gasteiger charge is -2.11. The van der Waals surface area contributed by atoms with E-state index in [-0.39, 0.29) is 11.9 Å². The zero-order valence-corrected chi connectivity index (χ0v) is 9.84. The van der Waals surface area contributed by atoms with Gasteiger partial charge in [-0.1, -0.05) is 6.07 Å².